The molecule has 0 radical (unpaired) electrons. The van der Waals surface area contributed by atoms with Crippen LogP contribution in [0.4, 0.5) is 11.4 Å². The first-order valence-corrected chi connectivity index (χ1v) is 14.8. The average Bonchev–Trinajstić information content (AvgIpc) is 2.95. The quantitative estimate of drug-likeness (QED) is 0.237. The molecule has 8 heteroatoms. The number of non-ortho nitro benzene ring substituents is 1. The molecule has 0 aromatic heterocycles. The van der Waals surface area contributed by atoms with E-state index < -0.39 is 10.8 Å². The molecule has 0 saturated heterocycles. The molecule has 1 unspecified atom stereocenters. The molecule has 1 heterocycles. The van der Waals surface area contributed by atoms with Crippen molar-refractivity contribution in [3.05, 3.63) is 127 Å². The molecular weight excluding hydrogens is 532 g/mol. The minimum Gasteiger partial charge on any atom is -0.384 e. The van der Waals surface area contributed by atoms with Crippen molar-refractivity contribution >= 4 is 28.9 Å². The highest BCUT2D eigenvalue weighted by Gasteiger charge is 2.41. The number of ketones is 1. The molecule has 5 rings (SSSR count). The molecular formula is C33H32N4O3S. The first-order chi connectivity index (χ1) is 19.7. The molecule has 0 amide bonds. The lowest BCUT2D eigenvalue weighted by Crippen LogP contribution is -2.39. The summed E-state index contributed by atoms with van der Waals surface area (Å²) in [5.41, 5.74) is 15.1. The zero-order chi connectivity index (χ0) is 29.3. The van der Waals surface area contributed by atoms with E-state index in [1.807, 2.05) is 43.8 Å². The molecule has 208 valence electrons. The minimum absolute atomic E-state index is 0.00967. The van der Waals surface area contributed by atoms with Gasteiger partial charge >= 0.3 is 0 Å². The number of nitro benzene ring substituents is 1. The van der Waals surface area contributed by atoms with Gasteiger partial charge in [-0.3, -0.25) is 19.8 Å². The highest BCUT2D eigenvalue weighted by molar-refractivity contribution is 7.97. The molecule has 2 N–H and O–H groups in total. The number of nitro groups is 1. The van der Waals surface area contributed by atoms with Crippen molar-refractivity contribution in [2.45, 2.75) is 57.5 Å². The van der Waals surface area contributed by atoms with Gasteiger partial charge < -0.3 is 5.73 Å². The summed E-state index contributed by atoms with van der Waals surface area (Å²) in [6.07, 6.45) is 1.63. The predicted octanol–water partition coefficient (Wildman–Crippen LogP) is 7.26. The molecule has 0 saturated carbocycles. The molecule has 7 nitrogen and oxygen atoms in total. The fourth-order valence-corrected chi connectivity index (χ4v) is 6.92. The Morgan fingerprint density at radius 3 is 2.49 bits per heavy atom. The van der Waals surface area contributed by atoms with E-state index in [1.165, 1.54) is 17.7 Å². The summed E-state index contributed by atoms with van der Waals surface area (Å²) >= 11 is 1.82. The molecule has 0 fully saturated rings. The average molecular weight is 565 g/mol. The Morgan fingerprint density at radius 2 is 1.78 bits per heavy atom. The van der Waals surface area contributed by atoms with E-state index in [-0.39, 0.29) is 17.3 Å². The van der Waals surface area contributed by atoms with E-state index >= 15 is 0 Å². The summed E-state index contributed by atoms with van der Waals surface area (Å²) in [5, 5.41) is 22.1. The molecule has 1 aliphatic heterocycles. The van der Waals surface area contributed by atoms with Crippen LogP contribution in [0.1, 0.15) is 58.6 Å². The van der Waals surface area contributed by atoms with E-state index in [0.29, 0.717) is 36.1 Å². The van der Waals surface area contributed by atoms with Gasteiger partial charge in [0.25, 0.3) is 5.69 Å². The maximum absolute atomic E-state index is 13.6. The van der Waals surface area contributed by atoms with Gasteiger partial charge in [0.05, 0.1) is 28.2 Å². The van der Waals surface area contributed by atoms with Gasteiger partial charge in [-0.25, -0.2) is 0 Å². The minimum atomic E-state index is -0.587. The molecule has 41 heavy (non-hydrogen) atoms. The Morgan fingerprint density at radius 1 is 1.02 bits per heavy atom. The second-order valence-corrected chi connectivity index (χ2v) is 11.6. The topological polar surface area (TPSA) is 113 Å². The first kappa shape index (κ1) is 28.2. The van der Waals surface area contributed by atoms with Gasteiger partial charge in [-0.05, 0) is 67.0 Å². The summed E-state index contributed by atoms with van der Waals surface area (Å²) in [6.45, 7) is 5.95. The van der Waals surface area contributed by atoms with Crippen LogP contribution in [-0.2, 0) is 16.3 Å². The lowest BCUT2D eigenvalue weighted by molar-refractivity contribution is -0.384. The SMILES string of the molecule is Cc1cc(C)c(C2C(C#N)=C(N)N(c3cc([N+](=O)[O-])ccc3C)C3=C2C(=O)CCC3)cc1CSCc1ccccc1. The number of Topliss-reactive ketones (excluding diaryl/α,β-unsaturated/α-hetero) is 1. The molecule has 3 aromatic carbocycles. The molecule has 2 aliphatic rings. The molecule has 1 atom stereocenters. The van der Waals surface area contributed by atoms with Crippen LogP contribution < -0.4 is 10.6 Å². The number of nitriles is 1. The fraction of sp³-hybridized carbons (Fsp3) is 0.273. The van der Waals surface area contributed by atoms with Gasteiger partial charge in [-0.15, -0.1) is 0 Å². The van der Waals surface area contributed by atoms with Gasteiger partial charge in [0.15, 0.2) is 5.78 Å². The third-order valence-electron chi connectivity index (χ3n) is 7.96. The van der Waals surface area contributed by atoms with Crippen LogP contribution in [0, 0.1) is 42.2 Å². The summed E-state index contributed by atoms with van der Waals surface area (Å²) in [7, 11) is 0. The first-order valence-electron chi connectivity index (χ1n) is 13.6. The van der Waals surface area contributed by atoms with Gasteiger partial charge in [-0.1, -0.05) is 48.5 Å². The summed E-state index contributed by atoms with van der Waals surface area (Å²) in [5.74, 6) is 1.30. The second-order valence-electron chi connectivity index (χ2n) is 10.7. The number of thioether (sulfide) groups is 1. The van der Waals surface area contributed by atoms with Crippen LogP contribution in [0.5, 0.6) is 0 Å². The number of anilines is 1. The summed E-state index contributed by atoms with van der Waals surface area (Å²) < 4.78 is 0. The summed E-state index contributed by atoms with van der Waals surface area (Å²) in [4.78, 5) is 26.5. The maximum atomic E-state index is 13.6. The predicted molar refractivity (Wildman–Crippen MR) is 163 cm³/mol. The number of aryl methyl sites for hydroxylation is 3. The number of carbonyl (C=O) groups is 1. The lowest BCUT2D eigenvalue weighted by atomic mass is 9.74. The van der Waals surface area contributed by atoms with Crippen molar-refractivity contribution in [2.75, 3.05) is 4.90 Å². The smallest absolute Gasteiger partial charge is 0.271 e. The Kier molecular flexibility index (Phi) is 8.00. The van der Waals surface area contributed by atoms with E-state index in [4.69, 9.17) is 5.73 Å². The van der Waals surface area contributed by atoms with E-state index in [9.17, 15) is 20.2 Å². The Bertz CT molecular complexity index is 1650. The van der Waals surface area contributed by atoms with Crippen LogP contribution in [0.15, 0.2) is 83.3 Å². The van der Waals surface area contributed by atoms with Gasteiger partial charge in [0.2, 0.25) is 0 Å². The molecule has 0 spiro atoms. The summed E-state index contributed by atoms with van der Waals surface area (Å²) in [6, 6.07) is 21.5. The zero-order valence-electron chi connectivity index (χ0n) is 23.4. The zero-order valence-corrected chi connectivity index (χ0v) is 24.3. The monoisotopic (exact) mass is 564 g/mol. The highest BCUT2D eigenvalue weighted by atomic mass is 32.2. The highest BCUT2D eigenvalue weighted by Crippen LogP contribution is 2.48. The van der Waals surface area contributed by atoms with Crippen molar-refractivity contribution in [1.29, 1.82) is 5.26 Å². The van der Waals surface area contributed by atoms with E-state index in [2.05, 4.69) is 37.3 Å². The van der Waals surface area contributed by atoms with Crippen LogP contribution >= 0.6 is 11.8 Å². The maximum Gasteiger partial charge on any atom is 0.271 e. The van der Waals surface area contributed by atoms with E-state index in [1.54, 1.807) is 11.0 Å². The number of benzene rings is 3. The van der Waals surface area contributed by atoms with Gasteiger partial charge in [-0.2, -0.15) is 17.0 Å². The Labute approximate surface area is 244 Å². The number of carbonyl (C=O) groups excluding carboxylic acids is 1. The Balaban J connectivity index is 1.61. The lowest BCUT2D eigenvalue weighted by Gasteiger charge is -2.40. The number of allylic oxidation sites excluding steroid dienone is 3. The third kappa shape index (κ3) is 5.38. The van der Waals surface area contributed by atoms with Crippen molar-refractivity contribution in [3.8, 4) is 6.07 Å². The van der Waals surface area contributed by atoms with Crippen LogP contribution in [0.3, 0.4) is 0 Å². The van der Waals surface area contributed by atoms with Crippen molar-refractivity contribution < 1.29 is 9.72 Å². The number of hydrogen-bond acceptors (Lipinski definition) is 7. The van der Waals surface area contributed by atoms with Gasteiger partial charge in [0, 0.05) is 41.3 Å². The van der Waals surface area contributed by atoms with Crippen molar-refractivity contribution in [2.24, 2.45) is 5.73 Å². The van der Waals surface area contributed by atoms with Crippen LogP contribution in [0.25, 0.3) is 0 Å². The Hall–Kier alpha value is -4.35. The number of nitrogens with zero attached hydrogens (tertiary/aromatic N) is 3. The molecule has 0 bridgehead atoms. The molecule has 3 aromatic rings. The molecule has 1 aliphatic carbocycles. The van der Waals surface area contributed by atoms with Crippen LogP contribution in [-0.4, -0.2) is 10.7 Å². The van der Waals surface area contributed by atoms with Crippen LogP contribution in [0.2, 0.25) is 0 Å². The van der Waals surface area contributed by atoms with Crippen molar-refractivity contribution in [1.82, 2.24) is 0 Å². The van der Waals surface area contributed by atoms with E-state index in [0.717, 1.165) is 45.0 Å². The number of rotatable bonds is 7. The third-order valence-corrected chi connectivity index (χ3v) is 9.02. The fourth-order valence-electron chi connectivity index (χ4n) is 5.86. The number of nitrogens with two attached hydrogens (primary N) is 1. The second kappa shape index (κ2) is 11.6. The van der Waals surface area contributed by atoms with Crippen molar-refractivity contribution in [3.63, 3.8) is 0 Å². The van der Waals surface area contributed by atoms with Gasteiger partial charge in [0.1, 0.15) is 5.82 Å². The largest absolute Gasteiger partial charge is 0.384 e. The standard InChI is InChI=1S/C33H32N4O3S/c1-20-12-13-25(37(39)40)16-29(20)36-28-10-7-11-30(38)32(28)31(27(17-34)33(36)35)26-15-24(21(2)14-22(26)3)19-41-18-23-8-5-4-6-9-23/h4-6,8-9,12-16,31H,7,10-11,18-19,35H2,1-3H3. The normalized spacial score (nSPS) is 17.0. The number of hydrogen-bond donors (Lipinski definition) is 1.